The van der Waals surface area contributed by atoms with Gasteiger partial charge in [0.1, 0.15) is 6.10 Å². The van der Waals surface area contributed by atoms with Gasteiger partial charge in [-0.05, 0) is 76.6 Å². The molecule has 0 saturated carbocycles. The van der Waals surface area contributed by atoms with E-state index in [0.717, 1.165) is 22.3 Å². The summed E-state index contributed by atoms with van der Waals surface area (Å²) in [6.07, 6.45) is 0.214. The van der Waals surface area contributed by atoms with Gasteiger partial charge < -0.3 is 14.6 Å². The van der Waals surface area contributed by atoms with Gasteiger partial charge in [0.15, 0.2) is 0 Å². The molecular weight excluding hydrogens is 404 g/mol. The van der Waals surface area contributed by atoms with Gasteiger partial charge >= 0.3 is 11.9 Å². The van der Waals surface area contributed by atoms with Crippen LogP contribution in [0.5, 0.6) is 0 Å². The molecule has 5 nitrogen and oxygen atoms in total. The fourth-order valence-corrected chi connectivity index (χ4v) is 3.76. The molecule has 174 valence electrons. The molecule has 5 heteroatoms. The first kappa shape index (κ1) is 25.6. The van der Waals surface area contributed by atoms with Crippen molar-refractivity contribution in [2.24, 2.45) is 10.8 Å². The first-order valence-electron chi connectivity index (χ1n) is 11.2. The van der Waals surface area contributed by atoms with Crippen molar-refractivity contribution in [1.29, 1.82) is 0 Å². The Hall–Kier alpha value is -2.66. The fourth-order valence-electron chi connectivity index (χ4n) is 3.76. The van der Waals surface area contributed by atoms with Crippen molar-refractivity contribution < 1.29 is 24.2 Å². The largest absolute Gasteiger partial charge is 0.466 e. The highest BCUT2D eigenvalue weighted by Gasteiger charge is 2.30. The van der Waals surface area contributed by atoms with Gasteiger partial charge in [0.05, 0.1) is 24.0 Å². The van der Waals surface area contributed by atoms with Crippen molar-refractivity contribution in [3.8, 4) is 0 Å². The summed E-state index contributed by atoms with van der Waals surface area (Å²) in [4.78, 5) is 24.5. The predicted molar refractivity (Wildman–Crippen MR) is 125 cm³/mol. The molecule has 0 heterocycles. The molecule has 2 aromatic carbocycles. The van der Waals surface area contributed by atoms with Gasteiger partial charge in [0.2, 0.25) is 0 Å². The van der Waals surface area contributed by atoms with Gasteiger partial charge in [-0.2, -0.15) is 0 Å². The Morgan fingerprint density at radius 3 is 1.50 bits per heavy atom. The quantitative estimate of drug-likeness (QED) is 0.525. The molecule has 0 amide bonds. The second-order valence-corrected chi connectivity index (χ2v) is 9.45. The zero-order valence-corrected chi connectivity index (χ0v) is 20.1. The minimum absolute atomic E-state index is 0.233. The molecule has 0 bridgehead atoms. The molecule has 0 unspecified atom stereocenters. The fraction of sp³-hybridized carbons (Fsp3) is 0.481. The third kappa shape index (κ3) is 6.67. The van der Waals surface area contributed by atoms with Gasteiger partial charge in [-0.25, -0.2) is 0 Å². The Bertz CT molecular complexity index is 854. The average molecular weight is 441 g/mol. The number of ether oxygens (including phenoxy) is 2. The smallest absolute Gasteiger partial charge is 0.311 e. The molecule has 0 aliphatic heterocycles. The highest BCUT2D eigenvalue weighted by Crippen LogP contribution is 2.29. The highest BCUT2D eigenvalue weighted by atomic mass is 16.5. The van der Waals surface area contributed by atoms with Crippen LogP contribution in [0.25, 0.3) is 0 Å². The molecule has 0 fully saturated rings. The summed E-state index contributed by atoms with van der Waals surface area (Å²) in [7, 11) is 0. The maximum atomic E-state index is 12.2. The molecule has 0 saturated heterocycles. The molecular formula is C27H36O5. The van der Waals surface area contributed by atoms with E-state index in [1.54, 1.807) is 13.8 Å². The van der Waals surface area contributed by atoms with Crippen LogP contribution in [0.2, 0.25) is 0 Å². The van der Waals surface area contributed by atoms with E-state index in [9.17, 15) is 14.7 Å². The minimum atomic E-state index is -0.814. The first-order chi connectivity index (χ1) is 15.0. The Kier molecular flexibility index (Phi) is 8.62. The summed E-state index contributed by atoms with van der Waals surface area (Å²) < 4.78 is 10.4. The van der Waals surface area contributed by atoms with E-state index < -0.39 is 16.9 Å². The molecule has 2 aromatic rings. The second-order valence-electron chi connectivity index (χ2n) is 9.45. The standard InChI is InChI=1S/C27H36O5/c1-7-31-24(29)26(3,4)17-19-11-9-13-21(15-19)23(28)22-14-10-12-20(16-22)18-27(5,6)25(30)32-8-2/h9-16,23,28H,7-8,17-18H2,1-6H3. The lowest BCUT2D eigenvalue weighted by molar-refractivity contribution is -0.154. The number of rotatable bonds is 10. The van der Waals surface area contributed by atoms with Crippen LogP contribution in [0.3, 0.4) is 0 Å². The molecule has 32 heavy (non-hydrogen) atoms. The van der Waals surface area contributed by atoms with E-state index in [1.165, 1.54) is 0 Å². The maximum Gasteiger partial charge on any atom is 0.311 e. The summed E-state index contributed by atoms with van der Waals surface area (Å²) >= 11 is 0. The van der Waals surface area contributed by atoms with Crippen molar-refractivity contribution >= 4 is 11.9 Å². The lowest BCUT2D eigenvalue weighted by atomic mass is 9.84. The Morgan fingerprint density at radius 1 is 0.781 bits per heavy atom. The molecule has 0 aliphatic rings. The zero-order chi connectivity index (χ0) is 23.9. The van der Waals surface area contributed by atoms with E-state index in [0.29, 0.717) is 26.1 Å². The van der Waals surface area contributed by atoms with Crippen molar-refractivity contribution in [3.05, 3.63) is 70.8 Å². The SMILES string of the molecule is CCOC(=O)C(C)(C)Cc1cccc(C(O)c2cccc(CC(C)(C)C(=O)OCC)c2)c1. The van der Waals surface area contributed by atoms with Crippen molar-refractivity contribution in [3.63, 3.8) is 0 Å². The van der Waals surface area contributed by atoms with E-state index >= 15 is 0 Å². The molecule has 1 N–H and O–H groups in total. The highest BCUT2D eigenvalue weighted by molar-refractivity contribution is 5.76. The Labute approximate surface area is 191 Å². The molecule has 0 atom stereocenters. The number of esters is 2. The minimum Gasteiger partial charge on any atom is -0.466 e. The van der Waals surface area contributed by atoms with E-state index in [4.69, 9.17) is 9.47 Å². The summed E-state index contributed by atoms with van der Waals surface area (Å²) in [6, 6.07) is 15.3. The van der Waals surface area contributed by atoms with Gasteiger partial charge in [-0.3, -0.25) is 9.59 Å². The number of carbonyl (C=O) groups excluding carboxylic acids is 2. The number of aliphatic hydroxyl groups excluding tert-OH is 1. The van der Waals surface area contributed by atoms with Gasteiger partial charge in [0.25, 0.3) is 0 Å². The van der Waals surface area contributed by atoms with Crippen LogP contribution in [0.1, 0.15) is 69.9 Å². The van der Waals surface area contributed by atoms with Gasteiger partial charge in [-0.1, -0.05) is 48.5 Å². The lowest BCUT2D eigenvalue weighted by Crippen LogP contribution is -2.29. The predicted octanol–water partition coefficient (Wildman–Crippen LogP) is 5.03. The van der Waals surface area contributed by atoms with Gasteiger partial charge in [-0.15, -0.1) is 0 Å². The summed E-state index contributed by atoms with van der Waals surface area (Å²) in [5.41, 5.74) is 2.11. The molecule has 0 aromatic heterocycles. The van der Waals surface area contributed by atoms with Crippen molar-refractivity contribution in [1.82, 2.24) is 0 Å². The summed E-state index contributed by atoms with van der Waals surface area (Å²) in [6.45, 7) is 11.8. The van der Waals surface area contributed by atoms with Crippen LogP contribution in [-0.2, 0) is 31.9 Å². The van der Waals surface area contributed by atoms with Crippen LogP contribution in [-0.4, -0.2) is 30.3 Å². The van der Waals surface area contributed by atoms with Crippen LogP contribution in [0.4, 0.5) is 0 Å². The van der Waals surface area contributed by atoms with Crippen LogP contribution in [0.15, 0.2) is 48.5 Å². The number of carbonyl (C=O) groups is 2. The molecule has 0 aliphatic carbocycles. The van der Waals surface area contributed by atoms with E-state index in [2.05, 4.69) is 0 Å². The number of benzene rings is 2. The van der Waals surface area contributed by atoms with Crippen LogP contribution in [0, 0.1) is 10.8 Å². The summed E-state index contributed by atoms with van der Waals surface area (Å²) in [5.74, 6) is -0.467. The Morgan fingerprint density at radius 2 is 1.16 bits per heavy atom. The molecule has 2 rings (SSSR count). The number of aliphatic hydroxyl groups is 1. The third-order valence-electron chi connectivity index (χ3n) is 5.48. The molecule has 0 spiro atoms. The third-order valence-corrected chi connectivity index (χ3v) is 5.48. The maximum absolute atomic E-state index is 12.2. The second kappa shape index (κ2) is 10.8. The van der Waals surface area contributed by atoms with Crippen LogP contribution < -0.4 is 0 Å². The summed E-state index contributed by atoms with van der Waals surface area (Å²) in [5, 5.41) is 11.0. The van der Waals surface area contributed by atoms with Crippen LogP contribution >= 0.6 is 0 Å². The zero-order valence-electron chi connectivity index (χ0n) is 20.1. The van der Waals surface area contributed by atoms with E-state index in [1.807, 2.05) is 76.2 Å². The lowest BCUT2D eigenvalue weighted by Gasteiger charge is -2.23. The Balaban J connectivity index is 2.21. The number of hydrogen-bond donors (Lipinski definition) is 1. The van der Waals surface area contributed by atoms with Crippen molar-refractivity contribution in [2.75, 3.05) is 13.2 Å². The van der Waals surface area contributed by atoms with Crippen molar-refractivity contribution in [2.45, 2.75) is 60.5 Å². The monoisotopic (exact) mass is 440 g/mol. The van der Waals surface area contributed by atoms with Gasteiger partial charge in [0, 0.05) is 0 Å². The molecule has 0 radical (unpaired) electrons. The normalized spacial score (nSPS) is 12.0. The van der Waals surface area contributed by atoms with E-state index in [-0.39, 0.29) is 11.9 Å². The average Bonchev–Trinajstić information content (AvgIpc) is 2.73. The topological polar surface area (TPSA) is 72.8 Å². The number of hydrogen-bond acceptors (Lipinski definition) is 5. The first-order valence-corrected chi connectivity index (χ1v) is 11.2.